The van der Waals surface area contributed by atoms with Gasteiger partial charge in [-0.3, -0.25) is 4.79 Å². The van der Waals surface area contributed by atoms with Crippen molar-refractivity contribution in [2.75, 3.05) is 31.5 Å². The van der Waals surface area contributed by atoms with Gasteiger partial charge in [0.15, 0.2) is 17.5 Å². The Morgan fingerprint density at radius 2 is 1.44 bits per heavy atom. The summed E-state index contributed by atoms with van der Waals surface area (Å²) in [5, 5.41) is 3.26. The van der Waals surface area contributed by atoms with E-state index in [4.69, 9.17) is 11.6 Å². The van der Waals surface area contributed by atoms with Crippen LogP contribution in [-0.4, -0.2) is 47.9 Å². The van der Waals surface area contributed by atoms with Crippen molar-refractivity contribution in [3.63, 3.8) is 0 Å². The van der Waals surface area contributed by atoms with Crippen LogP contribution in [0.3, 0.4) is 0 Å². The lowest BCUT2D eigenvalue weighted by Gasteiger charge is -2.34. The Morgan fingerprint density at radius 3 is 2.07 bits per heavy atom. The second-order valence-corrected chi connectivity index (χ2v) is 6.38. The van der Waals surface area contributed by atoms with Gasteiger partial charge in [0.05, 0.1) is 5.56 Å². The Bertz CT molecular complexity index is 869. The fraction of sp³-hybridized carbons (Fsp3) is 0.222. The van der Waals surface area contributed by atoms with Gasteiger partial charge in [-0.1, -0.05) is 11.6 Å². The quantitative estimate of drug-likeness (QED) is 0.785. The average molecular weight is 398 g/mol. The van der Waals surface area contributed by atoms with E-state index < -0.39 is 28.9 Å². The summed E-state index contributed by atoms with van der Waals surface area (Å²) in [5.74, 6) is -5.29. The van der Waals surface area contributed by atoms with E-state index in [0.717, 1.165) is 6.07 Å². The topological polar surface area (TPSA) is 52.7 Å². The summed E-state index contributed by atoms with van der Waals surface area (Å²) in [7, 11) is 0. The largest absolute Gasteiger partial charge is 0.335 e. The maximum absolute atomic E-state index is 13.8. The molecule has 3 amide bonds. The standard InChI is InChI=1S/C18H15ClF3N3O2/c19-11-1-3-12(4-2-11)23-18(27)25-9-7-24(8-10-25)17(26)13-5-6-14(20)16(22)15(13)21/h1-6H,7-10H2,(H,23,27). The van der Waals surface area contributed by atoms with Crippen LogP contribution in [0.25, 0.3) is 0 Å². The summed E-state index contributed by atoms with van der Waals surface area (Å²) in [5.41, 5.74) is 0.0414. The van der Waals surface area contributed by atoms with Crippen molar-refractivity contribution in [1.82, 2.24) is 9.80 Å². The van der Waals surface area contributed by atoms with Crippen LogP contribution in [0.5, 0.6) is 0 Å². The lowest BCUT2D eigenvalue weighted by molar-refractivity contribution is 0.0665. The van der Waals surface area contributed by atoms with Gasteiger partial charge in [0, 0.05) is 36.9 Å². The molecule has 0 radical (unpaired) electrons. The molecule has 1 aliphatic rings. The normalized spacial score (nSPS) is 14.2. The predicted octanol–water partition coefficient (Wildman–Crippen LogP) is 3.75. The molecule has 0 bridgehead atoms. The molecule has 3 rings (SSSR count). The number of hydrogen-bond donors (Lipinski definition) is 1. The van der Waals surface area contributed by atoms with Gasteiger partial charge in [-0.15, -0.1) is 0 Å². The van der Waals surface area contributed by atoms with Gasteiger partial charge in [-0.25, -0.2) is 18.0 Å². The zero-order valence-electron chi connectivity index (χ0n) is 14.0. The van der Waals surface area contributed by atoms with Crippen molar-refractivity contribution in [1.29, 1.82) is 0 Å². The van der Waals surface area contributed by atoms with E-state index in [1.807, 2.05) is 0 Å². The Morgan fingerprint density at radius 1 is 0.852 bits per heavy atom. The number of carbonyl (C=O) groups excluding carboxylic acids is 2. The first-order chi connectivity index (χ1) is 12.9. The van der Waals surface area contributed by atoms with Crippen molar-refractivity contribution in [3.8, 4) is 0 Å². The fourth-order valence-corrected chi connectivity index (χ4v) is 2.84. The van der Waals surface area contributed by atoms with Gasteiger partial charge >= 0.3 is 6.03 Å². The van der Waals surface area contributed by atoms with E-state index in [9.17, 15) is 22.8 Å². The molecule has 9 heteroatoms. The van der Waals surface area contributed by atoms with Gasteiger partial charge in [0.2, 0.25) is 0 Å². The third-order valence-electron chi connectivity index (χ3n) is 4.22. The molecule has 27 heavy (non-hydrogen) atoms. The third-order valence-corrected chi connectivity index (χ3v) is 4.47. The highest BCUT2D eigenvalue weighted by Gasteiger charge is 2.28. The van der Waals surface area contributed by atoms with E-state index in [2.05, 4.69) is 5.32 Å². The third kappa shape index (κ3) is 4.16. The highest BCUT2D eigenvalue weighted by molar-refractivity contribution is 6.30. The van der Waals surface area contributed by atoms with Crippen LogP contribution in [0.15, 0.2) is 36.4 Å². The molecule has 1 aliphatic heterocycles. The highest BCUT2D eigenvalue weighted by Crippen LogP contribution is 2.18. The second-order valence-electron chi connectivity index (χ2n) is 5.94. The number of amides is 3. The van der Waals surface area contributed by atoms with Gasteiger partial charge in [-0.05, 0) is 36.4 Å². The van der Waals surface area contributed by atoms with Crippen LogP contribution >= 0.6 is 11.6 Å². The molecule has 2 aromatic carbocycles. The number of urea groups is 1. The van der Waals surface area contributed by atoms with E-state index in [-0.39, 0.29) is 32.2 Å². The van der Waals surface area contributed by atoms with Crippen LogP contribution in [0, 0.1) is 17.5 Å². The molecule has 0 aliphatic carbocycles. The smallest absolute Gasteiger partial charge is 0.321 e. The Hall–Kier alpha value is -2.74. The van der Waals surface area contributed by atoms with Crippen molar-refractivity contribution in [2.45, 2.75) is 0 Å². The number of nitrogens with one attached hydrogen (secondary N) is 1. The van der Waals surface area contributed by atoms with E-state index in [0.29, 0.717) is 16.8 Å². The summed E-state index contributed by atoms with van der Waals surface area (Å²) in [6.45, 7) is 0.726. The number of nitrogens with zero attached hydrogens (tertiary/aromatic N) is 2. The average Bonchev–Trinajstić information content (AvgIpc) is 2.67. The minimum atomic E-state index is -1.68. The molecule has 142 valence electrons. The van der Waals surface area contributed by atoms with Crippen LogP contribution in [0.1, 0.15) is 10.4 Å². The molecule has 0 atom stereocenters. The number of hydrogen-bond acceptors (Lipinski definition) is 2. The molecule has 0 spiro atoms. The summed E-state index contributed by atoms with van der Waals surface area (Å²) in [4.78, 5) is 27.4. The Labute approximate surface area is 158 Å². The van der Waals surface area contributed by atoms with Crippen molar-refractivity contribution in [2.24, 2.45) is 0 Å². The molecule has 0 aromatic heterocycles. The van der Waals surface area contributed by atoms with Crippen molar-refractivity contribution >= 4 is 29.2 Å². The van der Waals surface area contributed by atoms with Gasteiger partial charge in [0.1, 0.15) is 0 Å². The molecule has 1 heterocycles. The molecule has 5 nitrogen and oxygen atoms in total. The molecular formula is C18H15ClF3N3O2. The van der Waals surface area contributed by atoms with Crippen LogP contribution in [-0.2, 0) is 0 Å². The van der Waals surface area contributed by atoms with E-state index in [1.165, 1.54) is 9.80 Å². The summed E-state index contributed by atoms with van der Waals surface area (Å²) >= 11 is 5.79. The predicted molar refractivity (Wildman–Crippen MR) is 94.3 cm³/mol. The molecule has 1 saturated heterocycles. The SMILES string of the molecule is O=C(Nc1ccc(Cl)cc1)N1CCN(C(=O)c2ccc(F)c(F)c2F)CC1. The van der Waals surface area contributed by atoms with Crippen molar-refractivity contribution < 1.29 is 22.8 Å². The number of benzene rings is 2. The number of carbonyl (C=O) groups is 2. The first kappa shape index (κ1) is 19.0. The second kappa shape index (κ2) is 7.87. The number of halogens is 4. The zero-order chi connectivity index (χ0) is 19.6. The van der Waals surface area contributed by atoms with E-state index in [1.54, 1.807) is 24.3 Å². The van der Waals surface area contributed by atoms with Gasteiger partial charge < -0.3 is 15.1 Å². The lowest BCUT2D eigenvalue weighted by Crippen LogP contribution is -2.51. The monoisotopic (exact) mass is 397 g/mol. The molecule has 0 saturated carbocycles. The summed E-state index contributed by atoms with van der Waals surface area (Å²) in [6.07, 6.45) is 0. The van der Waals surface area contributed by atoms with Gasteiger partial charge in [-0.2, -0.15) is 0 Å². The number of rotatable bonds is 2. The molecule has 1 fully saturated rings. The number of piperazine rings is 1. The molecule has 0 unspecified atom stereocenters. The van der Waals surface area contributed by atoms with Gasteiger partial charge in [0.25, 0.3) is 5.91 Å². The first-order valence-corrected chi connectivity index (χ1v) is 8.49. The minimum Gasteiger partial charge on any atom is -0.335 e. The molecule has 1 N–H and O–H groups in total. The van der Waals surface area contributed by atoms with Crippen LogP contribution in [0.4, 0.5) is 23.7 Å². The van der Waals surface area contributed by atoms with Crippen LogP contribution < -0.4 is 5.32 Å². The Balaban J connectivity index is 1.60. The van der Waals surface area contributed by atoms with Crippen LogP contribution in [0.2, 0.25) is 5.02 Å². The Kier molecular flexibility index (Phi) is 5.55. The zero-order valence-corrected chi connectivity index (χ0v) is 14.8. The summed E-state index contributed by atoms with van der Waals surface area (Å²) in [6, 6.07) is 7.88. The minimum absolute atomic E-state index is 0.144. The summed E-state index contributed by atoms with van der Waals surface area (Å²) < 4.78 is 40.1. The van der Waals surface area contributed by atoms with E-state index >= 15 is 0 Å². The fourth-order valence-electron chi connectivity index (χ4n) is 2.71. The maximum Gasteiger partial charge on any atom is 0.321 e. The molecular weight excluding hydrogens is 383 g/mol. The first-order valence-electron chi connectivity index (χ1n) is 8.11. The lowest BCUT2D eigenvalue weighted by atomic mass is 10.1. The molecule has 2 aromatic rings. The number of anilines is 1. The highest BCUT2D eigenvalue weighted by atomic mass is 35.5. The van der Waals surface area contributed by atoms with Crippen molar-refractivity contribution in [3.05, 3.63) is 64.4 Å². The maximum atomic E-state index is 13.8.